The summed E-state index contributed by atoms with van der Waals surface area (Å²) < 4.78 is 12.6. The molecule has 48 heavy (non-hydrogen) atoms. The Balaban J connectivity index is 1.34. The molecule has 1 aliphatic rings. The second kappa shape index (κ2) is 15.3. The average molecular weight is 678 g/mol. The summed E-state index contributed by atoms with van der Waals surface area (Å²) in [6.45, 7) is 4.89. The number of aromatic nitrogens is 2. The van der Waals surface area contributed by atoms with Gasteiger partial charge in [-0.25, -0.2) is 0 Å². The molecule has 0 saturated heterocycles. The lowest BCUT2D eigenvalue weighted by molar-refractivity contribution is -0.117. The number of unbranched alkanes of at least 4 members (excludes halogenated alkanes) is 1. The van der Waals surface area contributed by atoms with Crippen molar-refractivity contribution in [2.45, 2.75) is 42.8 Å². The van der Waals surface area contributed by atoms with Crippen molar-refractivity contribution in [2.24, 2.45) is 0 Å². The molecular weight excluding hydrogens is 643 g/mol. The van der Waals surface area contributed by atoms with E-state index in [-0.39, 0.29) is 10.7 Å². The molecule has 5 aromatic rings. The Kier molecular flexibility index (Phi) is 10.5. The summed E-state index contributed by atoms with van der Waals surface area (Å²) in [4.78, 5) is 28.9. The predicted octanol–water partition coefficient (Wildman–Crippen LogP) is 8.74. The van der Waals surface area contributed by atoms with Crippen LogP contribution in [0.4, 0.5) is 5.13 Å². The maximum atomic E-state index is 13.8. The van der Waals surface area contributed by atoms with Gasteiger partial charge in [0.15, 0.2) is 27.4 Å². The van der Waals surface area contributed by atoms with Gasteiger partial charge in [0.05, 0.1) is 24.8 Å². The summed E-state index contributed by atoms with van der Waals surface area (Å²) in [5, 5.41) is 22.6. The van der Waals surface area contributed by atoms with Crippen molar-refractivity contribution in [3.63, 3.8) is 0 Å². The SMILES string of the molecule is CCCCOc1ccc(C2C(C(=O)/C=C/c3ccccc3)=C(O)C(=O)N2c2nnc(SCc3cccc4ccccc34)s2)cc1OCC. The third-order valence-corrected chi connectivity index (χ3v) is 9.98. The normalized spacial score (nSPS) is 14.8. The number of carbonyl (C=O) groups is 2. The van der Waals surface area contributed by atoms with Gasteiger partial charge in [0, 0.05) is 5.75 Å². The molecule has 244 valence electrons. The number of fused-ring (bicyclic) bond motifs is 1. The zero-order valence-electron chi connectivity index (χ0n) is 26.7. The summed E-state index contributed by atoms with van der Waals surface area (Å²) in [6.07, 6.45) is 4.91. The van der Waals surface area contributed by atoms with Crippen LogP contribution >= 0.6 is 23.1 Å². The number of thioether (sulfide) groups is 1. The first-order valence-electron chi connectivity index (χ1n) is 15.8. The summed E-state index contributed by atoms with van der Waals surface area (Å²) in [5.74, 6) is -0.127. The Labute approximate surface area is 287 Å². The summed E-state index contributed by atoms with van der Waals surface area (Å²) in [6, 6.07) is 28.1. The number of aliphatic hydroxyl groups excluding tert-OH is 1. The van der Waals surface area contributed by atoms with Crippen molar-refractivity contribution in [2.75, 3.05) is 18.1 Å². The van der Waals surface area contributed by atoms with Gasteiger partial charge in [-0.1, -0.05) is 121 Å². The Morgan fingerprint density at radius 2 is 1.75 bits per heavy atom. The minimum Gasteiger partial charge on any atom is -0.503 e. The highest BCUT2D eigenvalue weighted by atomic mass is 32.2. The zero-order valence-corrected chi connectivity index (χ0v) is 28.3. The van der Waals surface area contributed by atoms with Crippen LogP contribution in [0.2, 0.25) is 0 Å². The Bertz CT molecular complexity index is 1980. The van der Waals surface area contributed by atoms with E-state index < -0.39 is 23.5 Å². The maximum absolute atomic E-state index is 13.8. The highest BCUT2D eigenvalue weighted by Crippen LogP contribution is 2.45. The van der Waals surface area contributed by atoms with Crippen LogP contribution in [0.5, 0.6) is 11.5 Å². The third-order valence-electron chi connectivity index (χ3n) is 7.87. The van der Waals surface area contributed by atoms with Gasteiger partial charge in [-0.05, 0) is 59.0 Å². The topological polar surface area (TPSA) is 102 Å². The van der Waals surface area contributed by atoms with E-state index >= 15 is 0 Å². The smallest absolute Gasteiger partial charge is 0.296 e. The summed E-state index contributed by atoms with van der Waals surface area (Å²) >= 11 is 2.75. The van der Waals surface area contributed by atoms with Gasteiger partial charge in [0.25, 0.3) is 5.91 Å². The fourth-order valence-electron chi connectivity index (χ4n) is 5.52. The lowest BCUT2D eigenvalue weighted by atomic mass is 9.95. The number of rotatable bonds is 14. The van der Waals surface area contributed by atoms with Gasteiger partial charge in [0.2, 0.25) is 5.13 Å². The molecule has 10 heteroatoms. The number of benzene rings is 4. The molecule has 1 aromatic heterocycles. The Morgan fingerprint density at radius 3 is 2.56 bits per heavy atom. The van der Waals surface area contributed by atoms with E-state index in [4.69, 9.17) is 9.47 Å². The first kappa shape index (κ1) is 33.0. The Morgan fingerprint density at radius 1 is 0.958 bits per heavy atom. The number of allylic oxidation sites excluding steroid dienone is 1. The van der Waals surface area contributed by atoms with Crippen LogP contribution in [0.15, 0.2) is 113 Å². The zero-order chi connectivity index (χ0) is 33.5. The fraction of sp³-hybridized carbons (Fsp3) is 0.211. The van der Waals surface area contributed by atoms with E-state index in [1.807, 2.05) is 55.5 Å². The van der Waals surface area contributed by atoms with Crippen molar-refractivity contribution in [1.82, 2.24) is 10.2 Å². The first-order chi connectivity index (χ1) is 23.5. The van der Waals surface area contributed by atoms with Gasteiger partial charge in [-0.15, -0.1) is 10.2 Å². The molecule has 0 saturated carbocycles. The molecular formula is C38H35N3O5S2. The van der Waals surface area contributed by atoms with Crippen LogP contribution < -0.4 is 14.4 Å². The van der Waals surface area contributed by atoms with E-state index in [2.05, 4.69) is 41.4 Å². The van der Waals surface area contributed by atoms with Crippen LogP contribution in [0.3, 0.4) is 0 Å². The molecule has 1 N–H and O–H groups in total. The molecule has 1 atom stereocenters. The molecule has 0 spiro atoms. The lowest BCUT2D eigenvalue weighted by Crippen LogP contribution is -2.31. The second-order valence-corrected chi connectivity index (χ2v) is 13.2. The highest BCUT2D eigenvalue weighted by Gasteiger charge is 2.45. The maximum Gasteiger partial charge on any atom is 0.296 e. The number of ketones is 1. The molecule has 1 amide bonds. The third kappa shape index (κ3) is 7.14. The minimum absolute atomic E-state index is 0.0468. The van der Waals surface area contributed by atoms with Crippen LogP contribution in [-0.4, -0.2) is 40.2 Å². The fourth-order valence-corrected chi connectivity index (χ4v) is 7.39. The highest BCUT2D eigenvalue weighted by molar-refractivity contribution is 8.00. The minimum atomic E-state index is -0.974. The number of hydrogen-bond donors (Lipinski definition) is 1. The number of amides is 1. The predicted molar refractivity (Wildman–Crippen MR) is 192 cm³/mol. The molecule has 8 nitrogen and oxygen atoms in total. The first-order valence-corrected chi connectivity index (χ1v) is 17.6. The standard InChI is InChI=1S/C38H35N3O5S2/c1-3-5-22-46-31-21-19-27(23-32(31)45-4-2)34-33(30(42)20-18-25-12-7-6-8-13-25)35(43)36(44)41(34)37-39-40-38(48-37)47-24-28-16-11-15-26-14-9-10-17-29(26)28/h6-21,23,34,43H,3-5,22,24H2,1-2H3/b20-18+. The largest absolute Gasteiger partial charge is 0.503 e. The molecule has 4 aromatic carbocycles. The van der Waals surface area contributed by atoms with Gasteiger partial charge in [-0.3, -0.25) is 14.5 Å². The quantitative estimate of drug-likeness (QED) is 0.0539. The van der Waals surface area contributed by atoms with Crippen molar-refractivity contribution in [3.8, 4) is 11.5 Å². The Hall–Kier alpha value is -4.93. The van der Waals surface area contributed by atoms with Gasteiger partial charge in [-0.2, -0.15) is 0 Å². The van der Waals surface area contributed by atoms with Crippen LogP contribution in [0, 0.1) is 0 Å². The number of hydrogen-bond acceptors (Lipinski definition) is 9. The van der Waals surface area contributed by atoms with Crippen LogP contribution in [0.25, 0.3) is 16.8 Å². The van der Waals surface area contributed by atoms with Crippen LogP contribution in [-0.2, 0) is 15.3 Å². The van der Waals surface area contributed by atoms with E-state index in [9.17, 15) is 14.7 Å². The molecule has 0 aliphatic carbocycles. The van der Waals surface area contributed by atoms with E-state index in [1.54, 1.807) is 24.3 Å². The molecule has 1 unspecified atom stereocenters. The molecule has 6 rings (SSSR count). The van der Waals surface area contributed by atoms with Crippen molar-refractivity contribution in [3.05, 3.63) is 125 Å². The van der Waals surface area contributed by atoms with Gasteiger partial charge in [0.1, 0.15) is 0 Å². The van der Waals surface area contributed by atoms with Crippen molar-refractivity contribution >= 4 is 56.8 Å². The van der Waals surface area contributed by atoms with Crippen molar-refractivity contribution < 1.29 is 24.2 Å². The van der Waals surface area contributed by atoms with E-state index in [1.165, 1.54) is 39.5 Å². The monoisotopic (exact) mass is 677 g/mol. The molecule has 0 bridgehead atoms. The van der Waals surface area contributed by atoms with E-state index in [0.29, 0.717) is 40.4 Å². The number of aliphatic hydroxyl groups is 1. The summed E-state index contributed by atoms with van der Waals surface area (Å²) in [5.41, 5.74) is 2.49. The molecule has 0 radical (unpaired) electrons. The summed E-state index contributed by atoms with van der Waals surface area (Å²) in [7, 11) is 0. The number of carbonyl (C=O) groups excluding carboxylic acids is 2. The van der Waals surface area contributed by atoms with Crippen molar-refractivity contribution in [1.29, 1.82) is 0 Å². The van der Waals surface area contributed by atoms with E-state index in [0.717, 1.165) is 29.4 Å². The molecule has 1 aliphatic heterocycles. The molecule has 2 heterocycles. The van der Waals surface area contributed by atoms with Gasteiger partial charge >= 0.3 is 0 Å². The molecule has 0 fully saturated rings. The number of nitrogens with zero attached hydrogens (tertiary/aromatic N) is 3. The average Bonchev–Trinajstić information content (AvgIpc) is 3.69. The van der Waals surface area contributed by atoms with Crippen LogP contribution in [0.1, 0.15) is 49.4 Å². The van der Waals surface area contributed by atoms with Gasteiger partial charge < -0.3 is 14.6 Å². The number of ether oxygens (including phenoxy) is 2. The lowest BCUT2D eigenvalue weighted by Gasteiger charge is -2.24. The second-order valence-electron chi connectivity index (χ2n) is 11.1. The number of anilines is 1.